The van der Waals surface area contributed by atoms with Gasteiger partial charge in [0.05, 0.1) is 53.9 Å². The highest BCUT2D eigenvalue weighted by molar-refractivity contribution is 5.96. The molecule has 11 nitrogen and oxygen atoms in total. The van der Waals surface area contributed by atoms with Gasteiger partial charge in [0.15, 0.2) is 34.5 Å². The predicted octanol–water partition coefficient (Wildman–Crippen LogP) is 4.11. The first-order chi connectivity index (χ1) is 18.9. The topological polar surface area (TPSA) is 123 Å². The summed E-state index contributed by atoms with van der Waals surface area (Å²) in [4.78, 5) is 25.4. The van der Waals surface area contributed by atoms with E-state index in [4.69, 9.17) is 33.2 Å². The van der Waals surface area contributed by atoms with Crippen molar-refractivity contribution in [2.45, 2.75) is 6.92 Å². The zero-order valence-electron chi connectivity index (χ0n) is 22.5. The number of amides is 1. The van der Waals surface area contributed by atoms with Crippen LogP contribution in [0, 0.1) is 0 Å². The molecule has 0 radical (unpaired) electrons. The second-order valence-electron chi connectivity index (χ2n) is 7.71. The molecule has 0 aliphatic rings. The molecule has 0 unspecified atom stereocenters. The van der Waals surface area contributed by atoms with Gasteiger partial charge < -0.3 is 33.2 Å². The summed E-state index contributed by atoms with van der Waals surface area (Å²) >= 11 is 0. The molecule has 0 atom stereocenters. The van der Waals surface area contributed by atoms with Crippen molar-refractivity contribution in [1.82, 2.24) is 5.43 Å². The number of esters is 1. The van der Waals surface area contributed by atoms with Gasteiger partial charge >= 0.3 is 5.97 Å². The lowest BCUT2D eigenvalue weighted by Gasteiger charge is -2.15. The van der Waals surface area contributed by atoms with Gasteiger partial charge in [0.1, 0.15) is 0 Å². The summed E-state index contributed by atoms with van der Waals surface area (Å²) in [5.74, 6) is 1.33. The fraction of sp³-hybridized carbons (Fsp3) is 0.250. The third kappa shape index (κ3) is 6.89. The highest BCUT2D eigenvalue weighted by Crippen LogP contribution is 2.39. The maximum absolute atomic E-state index is 12.9. The molecule has 11 heteroatoms. The molecule has 0 spiro atoms. The van der Waals surface area contributed by atoms with Gasteiger partial charge in [-0.3, -0.25) is 4.79 Å². The Hall–Kier alpha value is -4.93. The monoisotopic (exact) mass is 538 g/mol. The van der Waals surface area contributed by atoms with Gasteiger partial charge in [0.25, 0.3) is 5.91 Å². The van der Waals surface area contributed by atoms with Gasteiger partial charge in [-0.1, -0.05) is 0 Å². The summed E-state index contributed by atoms with van der Waals surface area (Å²) < 4.78 is 37.6. The number of carbonyl (C=O) groups is 2. The summed E-state index contributed by atoms with van der Waals surface area (Å²) in [6.45, 7) is 2.13. The fourth-order valence-electron chi connectivity index (χ4n) is 3.52. The number of hydrazone groups is 1. The van der Waals surface area contributed by atoms with Gasteiger partial charge in [0, 0.05) is 5.56 Å². The molecule has 3 aromatic carbocycles. The molecule has 1 N–H and O–H groups in total. The van der Waals surface area contributed by atoms with Gasteiger partial charge in [-0.25, -0.2) is 10.2 Å². The predicted molar refractivity (Wildman–Crippen MR) is 143 cm³/mol. The molecule has 0 aliphatic heterocycles. The van der Waals surface area contributed by atoms with Crippen molar-refractivity contribution < 1.29 is 42.7 Å². The largest absolute Gasteiger partial charge is 0.493 e. The molecule has 0 bridgehead atoms. The minimum Gasteiger partial charge on any atom is -0.493 e. The number of nitrogens with zero attached hydrogens (tertiary/aromatic N) is 1. The first-order valence-corrected chi connectivity index (χ1v) is 11.7. The van der Waals surface area contributed by atoms with E-state index in [2.05, 4.69) is 10.5 Å². The van der Waals surface area contributed by atoms with Crippen LogP contribution in [0.2, 0.25) is 0 Å². The van der Waals surface area contributed by atoms with E-state index in [0.29, 0.717) is 52.2 Å². The molecule has 0 saturated carbocycles. The molecular formula is C28H30N2O9. The summed E-state index contributed by atoms with van der Waals surface area (Å²) in [6.07, 6.45) is 1.44. The van der Waals surface area contributed by atoms with Crippen LogP contribution in [0.5, 0.6) is 40.2 Å². The number of ether oxygens (including phenoxy) is 7. The van der Waals surface area contributed by atoms with Crippen LogP contribution in [-0.4, -0.2) is 60.2 Å². The summed E-state index contributed by atoms with van der Waals surface area (Å²) in [5, 5.41) is 4.01. The Labute approximate surface area is 226 Å². The normalized spacial score (nSPS) is 10.5. The number of carbonyl (C=O) groups excluding carboxylic acids is 2. The lowest BCUT2D eigenvalue weighted by molar-refractivity contribution is 0.0727. The number of hydrogen-bond acceptors (Lipinski definition) is 10. The summed E-state index contributed by atoms with van der Waals surface area (Å²) in [6, 6.07) is 12.6. The fourth-order valence-corrected chi connectivity index (χ4v) is 3.52. The van der Waals surface area contributed by atoms with Crippen molar-refractivity contribution in [3.05, 3.63) is 65.2 Å². The molecule has 39 heavy (non-hydrogen) atoms. The van der Waals surface area contributed by atoms with Crippen molar-refractivity contribution in [3.63, 3.8) is 0 Å². The van der Waals surface area contributed by atoms with Crippen LogP contribution >= 0.6 is 0 Å². The third-order valence-electron chi connectivity index (χ3n) is 5.40. The minimum atomic E-state index is -0.654. The van der Waals surface area contributed by atoms with Crippen molar-refractivity contribution >= 4 is 18.1 Å². The lowest BCUT2D eigenvalue weighted by Crippen LogP contribution is -2.17. The van der Waals surface area contributed by atoms with E-state index >= 15 is 0 Å². The zero-order chi connectivity index (χ0) is 28.4. The molecule has 0 aliphatic carbocycles. The molecule has 3 rings (SSSR count). The number of hydrogen-bond donors (Lipinski definition) is 1. The van der Waals surface area contributed by atoms with E-state index in [1.165, 1.54) is 53.9 Å². The Morgan fingerprint density at radius 3 is 1.92 bits per heavy atom. The molecule has 0 fully saturated rings. The van der Waals surface area contributed by atoms with Crippen molar-refractivity contribution in [3.8, 4) is 40.2 Å². The van der Waals surface area contributed by atoms with E-state index in [1.807, 2.05) is 0 Å². The first kappa shape index (κ1) is 28.6. The Bertz CT molecular complexity index is 1330. The SMILES string of the molecule is CCOc1cc(/C=N/NC(=O)c2ccc(OC)c(OC)c2)ccc1OC(=O)c1cc(OC)c(OC)c(OC)c1. The Kier molecular flexibility index (Phi) is 9.96. The zero-order valence-corrected chi connectivity index (χ0v) is 22.5. The molecule has 1 amide bonds. The quantitative estimate of drug-likeness (QED) is 0.157. The van der Waals surface area contributed by atoms with Gasteiger partial charge in [0.2, 0.25) is 5.75 Å². The van der Waals surface area contributed by atoms with E-state index < -0.39 is 11.9 Å². The molecule has 0 saturated heterocycles. The number of methoxy groups -OCH3 is 5. The van der Waals surface area contributed by atoms with E-state index in [0.717, 1.165) is 0 Å². The Balaban J connectivity index is 1.76. The smallest absolute Gasteiger partial charge is 0.343 e. The second-order valence-corrected chi connectivity index (χ2v) is 7.71. The summed E-state index contributed by atoms with van der Waals surface area (Å²) in [5.41, 5.74) is 3.59. The molecule has 0 heterocycles. The van der Waals surface area contributed by atoms with E-state index in [-0.39, 0.29) is 11.3 Å². The van der Waals surface area contributed by atoms with Crippen molar-refractivity contribution in [1.29, 1.82) is 0 Å². The van der Waals surface area contributed by atoms with Crippen LogP contribution in [-0.2, 0) is 0 Å². The van der Waals surface area contributed by atoms with Crippen LogP contribution < -0.4 is 38.6 Å². The van der Waals surface area contributed by atoms with Crippen LogP contribution in [0.4, 0.5) is 0 Å². The number of rotatable bonds is 12. The van der Waals surface area contributed by atoms with E-state index in [9.17, 15) is 9.59 Å². The second kappa shape index (κ2) is 13.6. The summed E-state index contributed by atoms with van der Waals surface area (Å²) in [7, 11) is 7.38. The number of nitrogens with one attached hydrogen (secondary N) is 1. The minimum absolute atomic E-state index is 0.190. The molecule has 3 aromatic rings. The average Bonchev–Trinajstić information content (AvgIpc) is 2.96. The highest BCUT2D eigenvalue weighted by atomic mass is 16.6. The van der Waals surface area contributed by atoms with Crippen molar-refractivity contribution in [2.24, 2.45) is 5.10 Å². The average molecular weight is 539 g/mol. The molecular weight excluding hydrogens is 508 g/mol. The Morgan fingerprint density at radius 2 is 1.33 bits per heavy atom. The van der Waals surface area contributed by atoms with Gasteiger partial charge in [-0.05, 0) is 61.0 Å². The van der Waals surface area contributed by atoms with Crippen LogP contribution in [0.15, 0.2) is 53.6 Å². The lowest BCUT2D eigenvalue weighted by atomic mass is 10.1. The third-order valence-corrected chi connectivity index (χ3v) is 5.40. The maximum atomic E-state index is 12.9. The van der Waals surface area contributed by atoms with Gasteiger partial charge in [-0.2, -0.15) is 5.10 Å². The van der Waals surface area contributed by atoms with Crippen LogP contribution in [0.3, 0.4) is 0 Å². The van der Waals surface area contributed by atoms with Crippen LogP contribution in [0.1, 0.15) is 33.2 Å². The van der Waals surface area contributed by atoms with Gasteiger partial charge in [-0.15, -0.1) is 0 Å². The molecule has 0 aromatic heterocycles. The Morgan fingerprint density at radius 1 is 0.718 bits per heavy atom. The van der Waals surface area contributed by atoms with Crippen LogP contribution in [0.25, 0.3) is 0 Å². The maximum Gasteiger partial charge on any atom is 0.343 e. The first-order valence-electron chi connectivity index (χ1n) is 11.7. The van der Waals surface area contributed by atoms with E-state index in [1.54, 1.807) is 43.3 Å². The highest BCUT2D eigenvalue weighted by Gasteiger charge is 2.20. The van der Waals surface area contributed by atoms with Crippen molar-refractivity contribution in [2.75, 3.05) is 42.2 Å². The molecule has 206 valence electrons. The standard InChI is InChI=1S/C28H30N2O9/c1-7-38-23-12-17(16-29-30-27(31)18-9-11-20(33-2)22(13-18)34-3)8-10-21(23)39-28(32)19-14-24(35-4)26(37-6)25(15-19)36-5/h8-16H,7H2,1-6H3,(H,30,31)/b29-16+. The number of benzene rings is 3.